The van der Waals surface area contributed by atoms with Gasteiger partial charge in [0.15, 0.2) is 0 Å². The predicted molar refractivity (Wildman–Crippen MR) is 128 cm³/mol. The summed E-state index contributed by atoms with van der Waals surface area (Å²) in [6.45, 7) is 7.67. The topological polar surface area (TPSA) is 0 Å². The van der Waals surface area contributed by atoms with E-state index in [4.69, 9.17) is 0 Å². The minimum atomic E-state index is -0.362. The van der Waals surface area contributed by atoms with E-state index >= 15 is 0 Å². The second kappa shape index (κ2) is 10.3. The van der Waals surface area contributed by atoms with Crippen molar-refractivity contribution in [2.24, 2.45) is 17.8 Å². The fourth-order valence-corrected chi connectivity index (χ4v) is 5.55. The first-order valence-corrected chi connectivity index (χ1v) is 11.9. The Morgan fingerprint density at radius 1 is 0.844 bits per heavy atom. The van der Waals surface area contributed by atoms with E-state index in [9.17, 15) is 8.78 Å². The molecule has 0 aliphatic heterocycles. The Hall–Kier alpha value is -2.66. The quantitative estimate of drug-likeness (QED) is 0.333. The van der Waals surface area contributed by atoms with Crippen LogP contribution in [0.25, 0.3) is 0 Å². The number of hydrogen-bond acceptors (Lipinski definition) is 0. The van der Waals surface area contributed by atoms with Crippen LogP contribution in [-0.2, 0) is 6.42 Å². The zero-order valence-electron chi connectivity index (χ0n) is 18.8. The smallest absolute Gasteiger partial charge is 0.139 e. The minimum absolute atomic E-state index is 0.296. The Balaban J connectivity index is 1.44. The summed E-state index contributed by atoms with van der Waals surface area (Å²) in [5.74, 6) is 7.62. The fourth-order valence-electron chi connectivity index (χ4n) is 5.55. The molecule has 0 saturated heterocycles. The largest absolute Gasteiger partial charge is 0.206 e. The van der Waals surface area contributed by atoms with Crippen molar-refractivity contribution in [2.75, 3.05) is 0 Å². The van der Waals surface area contributed by atoms with Gasteiger partial charge >= 0.3 is 0 Å². The third-order valence-corrected chi connectivity index (χ3v) is 7.45. The van der Waals surface area contributed by atoms with E-state index in [2.05, 4.69) is 31.1 Å². The maximum atomic E-state index is 14.8. The maximum absolute atomic E-state index is 14.8. The van der Waals surface area contributed by atoms with Crippen LogP contribution in [0.2, 0.25) is 0 Å². The molecular formula is C30H32F2. The van der Waals surface area contributed by atoms with Crippen molar-refractivity contribution in [3.05, 3.63) is 95.6 Å². The van der Waals surface area contributed by atoms with Gasteiger partial charge in [0.1, 0.15) is 11.6 Å². The minimum Gasteiger partial charge on any atom is -0.206 e. The molecule has 4 rings (SSSR count). The number of halogens is 2. The molecule has 4 unspecified atom stereocenters. The highest BCUT2D eigenvalue weighted by molar-refractivity contribution is 5.45. The van der Waals surface area contributed by atoms with Crippen molar-refractivity contribution in [3.63, 3.8) is 0 Å². The molecule has 32 heavy (non-hydrogen) atoms. The average Bonchev–Trinajstić information content (AvgIpc) is 2.82. The van der Waals surface area contributed by atoms with Crippen LogP contribution in [0.3, 0.4) is 0 Å². The van der Waals surface area contributed by atoms with Crippen LogP contribution in [0.15, 0.2) is 61.7 Å². The second-order valence-corrected chi connectivity index (χ2v) is 9.47. The molecule has 2 heteroatoms. The number of benzene rings is 2. The molecule has 2 fully saturated rings. The summed E-state index contributed by atoms with van der Waals surface area (Å²) in [6.07, 6.45) is 12.8. The zero-order valence-corrected chi connectivity index (χ0v) is 18.8. The van der Waals surface area contributed by atoms with E-state index in [0.29, 0.717) is 23.0 Å². The van der Waals surface area contributed by atoms with Gasteiger partial charge in [0.2, 0.25) is 0 Å². The van der Waals surface area contributed by atoms with Crippen molar-refractivity contribution in [3.8, 4) is 11.8 Å². The van der Waals surface area contributed by atoms with Gasteiger partial charge in [-0.05, 0) is 110 Å². The molecule has 0 aromatic heterocycles. The Kier molecular flexibility index (Phi) is 7.26. The van der Waals surface area contributed by atoms with E-state index in [1.807, 2.05) is 18.2 Å². The van der Waals surface area contributed by atoms with Crippen molar-refractivity contribution in [2.45, 2.75) is 57.3 Å². The lowest BCUT2D eigenvalue weighted by Crippen LogP contribution is -2.30. The molecule has 0 nitrogen and oxygen atoms in total. The summed E-state index contributed by atoms with van der Waals surface area (Å²) in [7, 11) is 0. The van der Waals surface area contributed by atoms with E-state index in [0.717, 1.165) is 48.6 Å². The highest BCUT2D eigenvalue weighted by Crippen LogP contribution is 2.47. The third kappa shape index (κ3) is 5.21. The summed E-state index contributed by atoms with van der Waals surface area (Å²) in [5.41, 5.74) is 2.61. The van der Waals surface area contributed by atoms with Crippen LogP contribution in [0, 0.1) is 41.2 Å². The Bertz CT molecular complexity index is 1040. The van der Waals surface area contributed by atoms with Crippen LogP contribution < -0.4 is 0 Å². The van der Waals surface area contributed by atoms with Crippen LogP contribution in [0.4, 0.5) is 8.78 Å². The molecule has 0 bridgehead atoms. The van der Waals surface area contributed by atoms with E-state index in [-0.39, 0.29) is 11.6 Å². The molecular weight excluding hydrogens is 398 g/mol. The molecule has 166 valence electrons. The Labute approximate surface area is 191 Å². The van der Waals surface area contributed by atoms with Crippen LogP contribution in [0.1, 0.15) is 73.1 Å². The van der Waals surface area contributed by atoms with Gasteiger partial charge in [-0.3, -0.25) is 0 Å². The van der Waals surface area contributed by atoms with Crippen molar-refractivity contribution >= 4 is 0 Å². The fraction of sp³-hybridized carbons (Fsp3) is 0.400. The summed E-state index contributed by atoms with van der Waals surface area (Å²) in [6, 6.07) is 10.5. The van der Waals surface area contributed by atoms with Crippen LogP contribution in [-0.4, -0.2) is 0 Å². The normalized spacial score (nSPS) is 24.7. The molecule has 0 N–H and O–H groups in total. The first-order valence-electron chi connectivity index (χ1n) is 11.9. The van der Waals surface area contributed by atoms with Crippen molar-refractivity contribution in [1.82, 2.24) is 0 Å². The average molecular weight is 431 g/mol. The standard InChI is InChI=1S/C30H32F2/c1-3-5-6-22-8-9-23(29(31)18-22)11-12-24-13-14-28(20-30(24)32)27-16-15-25-17-21(4-2)7-10-26(25)19-27/h3-4,8-9,13-14,18,20-21,25-27H,1-2,5-7,10,15-17,19H2. The first-order chi connectivity index (χ1) is 15.6. The molecule has 2 aliphatic rings. The number of rotatable bonds is 5. The van der Waals surface area contributed by atoms with Crippen molar-refractivity contribution in [1.29, 1.82) is 0 Å². The highest BCUT2D eigenvalue weighted by Gasteiger charge is 2.35. The van der Waals surface area contributed by atoms with E-state index in [1.54, 1.807) is 18.2 Å². The molecule has 4 atom stereocenters. The number of aryl methyl sites for hydroxylation is 1. The summed E-state index contributed by atoms with van der Waals surface area (Å²) >= 11 is 0. The summed E-state index contributed by atoms with van der Waals surface area (Å²) in [5, 5.41) is 0. The van der Waals surface area contributed by atoms with Gasteiger partial charge in [0, 0.05) is 0 Å². The Morgan fingerprint density at radius 3 is 2.22 bits per heavy atom. The lowest BCUT2D eigenvalue weighted by molar-refractivity contribution is 0.133. The summed E-state index contributed by atoms with van der Waals surface area (Å²) < 4.78 is 29.2. The van der Waals surface area contributed by atoms with E-state index < -0.39 is 0 Å². The molecule has 2 saturated carbocycles. The molecule has 0 radical (unpaired) electrons. The second-order valence-electron chi connectivity index (χ2n) is 9.47. The molecule has 0 heterocycles. The molecule has 2 aromatic carbocycles. The van der Waals surface area contributed by atoms with Gasteiger partial charge in [0.05, 0.1) is 11.1 Å². The van der Waals surface area contributed by atoms with Crippen LogP contribution in [0.5, 0.6) is 0 Å². The Morgan fingerprint density at radius 2 is 1.53 bits per heavy atom. The van der Waals surface area contributed by atoms with Crippen LogP contribution >= 0.6 is 0 Å². The van der Waals surface area contributed by atoms with Gasteiger partial charge < -0.3 is 0 Å². The predicted octanol–water partition coefficient (Wildman–Crippen LogP) is 7.97. The van der Waals surface area contributed by atoms with Gasteiger partial charge in [-0.15, -0.1) is 13.2 Å². The van der Waals surface area contributed by atoms with E-state index in [1.165, 1.54) is 31.7 Å². The molecule has 2 aliphatic carbocycles. The van der Waals surface area contributed by atoms with Gasteiger partial charge in [0.25, 0.3) is 0 Å². The SMILES string of the molecule is C=CCCc1ccc(C#Cc2ccc(C3CCC4CC(C=C)CCC4C3)cc2F)c(F)c1. The summed E-state index contributed by atoms with van der Waals surface area (Å²) in [4.78, 5) is 0. The first kappa shape index (κ1) is 22.5. The number of allylic oxidation sites excluding steroid dienone is 2. The zero-order chi connectivity index (χ0) is 22.5. The van der Waals surface area contributed by atoms with Gasteiger partial charge in [-0.25, -0.2) is 8.78 Å². The van der Waals surface area contributed by atoms with Gasteiger partial charge in [-0.1, -0.05) is 36.1 Å². The number of fused-ring (bicyclic) bond motifs is 1. The molecule has 2 aromatic rings. The van der Waals surface area contributed by atoms with Crippen molar-refractivity contribution < 1.29 is 8.78 Å². The monoisotopic (exact) mass is 430 g/mol. The van der Waals surface area contributed by atoms with Gasteiger partial charge in [-0.2, -0.15) is 0 Å². The molecule has 0 spiro atoms. The number of hydrogen-bond donors (Lipinski definition) is 0. The maximum Gasteiger partial charge on any atom is 0.139 e. The lowest BCUT2D eigenvalue weighted by atomic mass is 9.64. The highest BCUT2D eigenvalue weighted by atomic mass is 19.1. The third-order valence-electron chi connectivity index (χ3n) is 7.45. The lowest BCUT2D eigenvalue weighted by Gasteiger charge is -2.41. The molecule has 0 amide bonds.